The van der Waals surface area contributed by atoms with E-state index in [2.05, 4.69) is 10.9 Å². The molecule has 0 radical (unpaired) electrons. The third-order valence-electron chi connectivity index (χ3n) is 4.38. The third-order valence-corrected chi connectivity index (χ3v) is 6.42. The molecule has 0 aromatic heterocycles. The Morgan fingerprint density at radius 2 is 1.88 bits per heavy atom. The highest BCUT2D eigenvalue weighted by atomic mass is 32.2. The lowest BCUT2D eigenvalue weighted by Crippen LogP contribution is -2.44. The fraction of sp³-hybridized carbons (Fsp3) is 0.444. The van der Waals surface area contributed by atoms with Crippen molar-refractivity contribution in [2.45, 2.75) is 38.0 Å². The summed E-state index contributed by atoms with van der Waals surface area (Å²) in [5.74, 6) is -0.953. The minimum Gasteiger partial charge on any atom is -0.273 e. The number of rotatable bonds is 6. The number of hydrazine groups is 1. The van der Waals surface area contributed by atoms with E-state index < -0.39 is 15.9 Å². The maximum absolute atomic E-state index is 12.6. The summed E-state index contributed by atoms with van der Waals surface area (Å²) >= 11 is 0. The standard InChI is InChI=1S/C18H25N3O4S/c1-3-21(4-2)26(24,25)16-12-8-11-15(13-16)18(23)20-19-17(22)14-9-6-5-7-10-14/h5-6,8,11-14H,3-4,7,9-10H2,1-2H3,(H,19,22)(H,20,23)/t14-/m1/s1. The van der Waals surface area contributed by atoms with E-state index in [9.17, 15) is 18.0 Å². The minimum atomic E-state index is -3.65. The molecule has 1 aliphatic rings. The number of nitrogens with zero attached hydrogens (tertiary/aromatic N) is 1. The number of carbonyl (C=O) groups is 2. The maximum Gasteiger partial charge on any atom is 0.269 e. The van der Waals surface area contributed by atoms with Gasteiger partial charge in [-0.25, -0.2) is 8.42 Å². The molecule has 1 aromatic rings. The highest BCUT2D eigenvalue weighted by Gasteiger charge is 2.23. The average molecular weight is 379 g/mol. The highest BCUT2D eigenvalue weighted by Crippen LogP contribution is 2.18. The van der Waals surface area contributed by atoms with Crippen LogP contribution in [0.25, 0.3) is 0 Å². The van der Waals surface area contributed by atoms with Gasteiger partial charge in [0, 0.05) is 24.6 Å². The number of amides is 2. The Labute approximate surface area is 154 Å². The van der Waals surface area contributed by atoms with Crippen molar-refractivity contribution in [3.05, 3.63) is 42.0 Å². The minimum absolute atomic E-state index is 0.0533. The molecule has 1 aliphatic carbocycles. The fourth-order valence-corrected chi connectivity index (χ4v) is 4.34. The van der Waals surface area contributed by atoms with Gasteiger partial charge in [-0.3, -0.25) is 20.4 Å². The summed E-state index contributed by atoms with van der Waals surface area (Å²) in [5, 5.41) is 0. The van der Waals surface area contributed by atoms with Crippen molar-refractivity contribution < 1.29 is 18.0 Å². The van der Waals surface area contributed by atoms with Crippen molar-refractivity contribution in [3.63, 3.8) is 0 Å². The highest BCUT2D eigenvalue weighted by molar-refractivity contribution is 7.89. The van der Waals surface area contributed by atoms with Crippen LogP contribution in [0.2, 0.25) is 0 Å². The van der Waals surface area contributed by atoms with E-state index in [-0.39, 0.29) is 22.3 Å². The van der Waals surface area contributed by atoms with E-state index in [4.69, 9.17) is 0 Å². The Balaban J connectivity index is 2.06. The molecule has 26 heavy (non-hydrogen) atoms. The Bertz CT molecular complexity index is 785. The van der Waals surface area contributed by atoms with Crippen LogP contribution < -0.4 is 10.9 Å². The molecule has 0 saturated heterocycles. The summed E-state index contributed by atoms with van der Waals surface area (Å²) in [4.78, 5) is 24.4. The van der Waals surface area contributed by atoms with Gasteiger partial charge in [-0.05, 0) is 37.5 Å². The van der Waals surface area contributed by atoms with Crippen LogP contribution in [0.5, 0.6) is 0 Å². The van der Waals surface area contributed by atoms with E-state index in [1.807, 2.05) is 12.2 Å². The van der Waals surface area contributed by atoms with Crippen LogP contribution in [0.3, 0.4) is 0 Å². The molecule has 1 atom stereocenters. The fourth-order valence-electron chi connectivity index (χ4n) is 2.83. The van der Waals surface area contributed by atoms with Crippen LogP contribution in [-0.4, -0.2) is 37.6 Å². The van der Waals surface area contributed by atoms with Crippen molar-refractivity contribution in [1.82, 2.24) is 15.2 Å². The second-order valence-corrected chi connectivity index (χ2v) is 7.98. The first-order chi connectivity index (χ1) is 12.4. The van der Waals surface area contributed by atoms with Gasteiger partial charge in [-0.2, -0.15) is 4.31 Å². The Morgan fingerprint density at radius 3 is 2.50 bits per heavy atom. The predicted molar refractivity (Wildman–Crippen MR) is 98.6 cm³/mol. The molecule has 0 saturated carbocycles. The summed E-state index contributed by atoms with van der Waals surface area (Å²) < 4.78 is 26.4. The number of hydrogen-bond donors (Lipinski definition) is 2. The van der Waals surface area contributed by atoms with Gasteiger partial charge < -0.3 is 0 Å². The number of carbonyl (C=O) groups excluding carboxylic acids is 2. The Kier molecular flexibility index (Phi) is 6.93. The first-order valence-corrected chi connectivity index (χ1v) is 10.2. The predicted octanol–water partition coefficient (Wildman–Crippen LogP) is 1.83. The van der Waals surface area contributed by atoms with Gasteiger partial charge in [0.15, 0.2) is 0 Å². The van der Waals surface area contributed by atoms with Gasteiger partial charge in [0.05, 0.1) is 4.90 Å². The summed E-state index contributed by atoms with van der Waals surface area (Å²) in [6.45, 7) is 4.21. The number of benzene rings is 1. The molecule has 0 bridgehead atoms. The van der Waals surface area contributed by atoms with Gasteiger partial charge in [0.2, 0.25) is 15.9 Å². The lowest BCUT2D eigenvalue weighted by atomic mass is 9.94. The van der Waals surface area contributed by atoms with Crippen molar-refractivity contribution in [3.8, 4) is 0 Å². The second kappa shape index (κ2) is 8.95. The van der Waals surface area contributed by atoms with Gasteiger partial charge in [0.1, 0.15) is 0 Å². The largest absolute Gasteiger partial charge is 0.273 e. The monoisotopic (exact) mass is 379 g/mol. The number of sulfonamides is 1. The smallest absolute Gasteiger partial charge is 0.269 e. The van der Waals surface area contributed by atoms with Crippen molar-refractivity contribution in [2.24, 2.45) is 5.92 Å². The molecule has 2 rings (SSSR count). The first kappa shape index (κ1) is 20.1. The average Bonchev–Trinajstić information content (AvgIpc) is 2.67. The molecule has 8 heteroatoms. The quantitative estimate of drug-likeness (QED) is 0.582. The molecule has 1 aromatic carbocycles. The van der Waals surface area contributed by atoms with Crippen LogP contribution in [-0.2, 0) is 14.8 Å². The molecule has 7 nitrogen and oxygen atoms in total. The maximum atomic E-state index is 12.6. The number of hydrogen-bond acceptors (Lipinski definition) is 4. The molecule has 2 amide bonds. The molecule has 0 fully saturated rings. The van der Waals surface area contributed by atoms with Crippen molar-refractivity contribution in [2.75, 3.05) is 13.1 Å². The SMILES string of the molecule is CCN(CC)S(=O)(=O)c1cccc(C(=O)NNC(=O)[C@@H]2CC=CCC2)c1. The van der Waals surface area contributed by atoms with Gasteiger partial charge in [-0.1, -0.05) is 32.1 Å². The number of allylic oxidation sites excluding steroid dienone is 2. The van der Waals surface area contributed by atoms with Crippen LogP contribution in [0.1, 0.15) is 43.5 Å². The molecule has 0 aliphatic heterocycles. The van der Waals surface area contributed by atoms with E-state index in [1.54, 1.807) is 13.8 Å². The van der Waals surface area contributed by atoms with Gasteiger partial charge in [0.25, 0.3) is 5.91 Å². The van der Waals surface area contributed by atoms with Crippen LogP contribution >= 0.6 is 0 Å². The zero-order valence-corrected chi connectivity index (χ0v) is 15.9. The van der Waals surface area contributed by atoms with Crippen LogP contribution in [0.4, 0.5) is 0 Å². The lowest BCUT2D eigenvalue weighted by molar-refractivity contribution is -0.126. The summed E-state index contributed by atoms with van der Waals surface area (Å²) in [6.07, 6.45) is 6.23. The zero-order chi connectivity index (χ0) is 19.2. The summed E-state index contributed by atoms with van der Waals surface area (Å²) in [6, 6.07) is 5.79. The van der Waals surface area contributed by atoms with Crippen LogP contribution in [0.15, 0.2) is 41.3 Å². The zero-order valence-electron chi connectivity index (χ0n) is 15.1. The molecular formula is C18H25N3O4S. The second-order valence-electron chi connectivity index (χ2n) is 6.04. The van der Waals surface area contributed by atoms with Gasteiger partial charge in [-0.15, -0.1) is 0 Å². The Morgan fingerprint density at radius 1 is 1.15 bits per heavy atom. The van der Waals surface area contributed by atoms with Crippen LogP contribution in [0, 0.1) is 5.92 Å². The lowest BCUT2D eigenvalue weighted by Gasteiger charge is -2.19. The van der Waals surface area contributed by atoms with Crippen molar-refractivity contribution in [1.29, 1.82) is 0 Å². The van der Waals surface area contributed by atoms with E-state index in [1.165, 1.54) is 28.6 Å². The molecule has 0 spiro atoms. The number of nitrogens with one attached hydrogen (secondary N) is 2. The molecule has 2 N–H and O–H groups in total. The molecular weight excluding hydrogens is 354 g/mol. The molecule has 142 valence electrons. The van der Waals surface area contributed by atoms with E-state index in [0.717, 1.165) is 12.8 Å². The van der Waals surface area contributed by atoms with E-state index in [0.29, 0.717) is 19.5 Å². The van der Waals surface area contributed by atoms with Gasteiger partial charge >= 0.3 is 0 Å². The normalized spacial score (nSPS) is 17.1. The summed E-state index contributed by atoms with van der Waals surface area (Å²) in [5.41, 5.74) is 4.95. The first-order valence-electron chi connectivity index (χ1n) is 8.75. The molecule has 0 heterocycles. The van der Waals surface area contributed by atoms with E-state index >= 15 is 0 Å². The topological polar surface area (TPSA) is 95.6 Å². The molecule has 0 unspecified atom stereocenters. The summed E-state index contributed by atoms with van der Waals surface area (Å²) in [7, 11) is -3.65. The third kappa shape index (κ3) is 4.70. The Hall–Kier alpha value is -2.19. The van der Waals surface area contributed by atoms with Crippen molar-refractivity contribution >= 4 is 21.8 Å².